The molecule has 1 N–H and O–H groups in total. The number of anilines is 1. The van der Waals surface area contributed by atoms with Gasteiger partial charge in [0.25, 0.3) is 0 Å². The minimum absolute atomic E-state index is 0.662. The Morgan fingerprint density at radius 2 is 1.91 bits per heavy atom. The van der Waals surface area contributed by atoms with Crippen LogP contribution in [0.5, 0.6) is 5.75 Å². The molecule has 2 aromatic rings. The Hall–Kier alpha value is -2.26. The van der Waals surface area contributed by atoms with Crippen LogP contribution in [0.15, 0.2) is 61.2 Å². The minimum atomic E-state index is 0.662. The molecule has 0 unspecified atom stereocenters. The van der Waals surface area contributed by atoms with Crippen LogP contribution in [0, 0.1) is 0 Å². The van der Waals surface area contributed by atoms with E-state index < -0.39 is 0 Å². The summed E-state index contributed by atoms with van der Waals surface area (Å²) in [4.78, 5) is 2.22. The number of rotatable bonds is 9. The van der Waals surface area contributed by atoms with Crippen LogP contribution >= 0.6 is 0 Å². The van der Waals surface area contributed by atoms with Gasteiger partial charge < -0.3 is 15.0 Å². The zero-order valence-corrected chi connectivity index (χ0v) is 14.1. The molecule has 0 radical (unpaired) electrons. The largest absolute Gasteiger partial charge is 0.492 e. The van der Waals surface area contributed by atoms with Crippen molar-refractivity contribution in [2.24, 2.45) is 0 Å². The van der Waals surface area contributed by atoms with Crippen LogP contribution in [0.4, 0.5) is 5.69 Å². The van der Waals surface area contributed by atoms with Crippen LogP contribution in [-0.2, 0) is 13.1 Å². The molecule has 0 saturated carbocycles. The third kappa shape index (κ3) is 5.15. The number of ether oxygens (including phenoxy) is 1. The lowest BCUT2D eigenvalue weighted by Crippen LogP contribution is -2.18. The van der Waals surface area contributed by atoms with Gasteiger partial charge in [-0.25, -0.2) is 0 Å². The monoisotopic (exact) mass is 310 g/mol. The molecule has 23 heavy (non-hydrogen) atoms. The molecule has 3 nitrogen and oxygen atoms in total. The van der Waals surface area contributed by atoms with Gasteiger partial charge in [-0.2, -0.15) is 0 Å². The van der Waals surface area contributed by atoms with Crippen molar-refractivity contribution in [1.29, 1.82) is 0 Å². The molecule has 2 aromatic carbocycles. The van der Waals surface area contributed by atoms with Crippen molar-refractivity contribution in [3.8, 4) is 5.75 Å². The maximum Gasteiger partial charge on any atom is 0.142 e. The summed E-state index contributed by atoms with van der Waals surface area (Å²) in [6.45, 7) is 8.88. The third-order valence-electron chi connectivity index (χ3n) is 3.62. The third-order valence-corrected chi connectivity index (χ3v) is 3.62. The average molecular weight is 310 g/mol. The van der Waals surface area contributed by atoms with Gasteiger partial charge in [0.15, 0.2) is 0 Å². The van der Waals surface area contributed by atoms with E-state index in [-0.39, 0.29) is 0 Å². The van der Waals surface area contributed by atoms with Crippen molar-refractivity contribution in [2.75, 3.05) is 25.1 Å². The molecule has 0 atom stereocenters. The number of hydrogen-bond acceptors (Lipinski definition) is 3. The van der Waals surface area contributed by atoms with E-state index in [0.29, 0.717) is 6.61 Å². The molecular formula is C20H26N2O. The molecule has 0 spiro atoms. The van der Waals surface area contributed by atoms with Gasteiger partial charge in [-0.15, -0.1) is 6.58 Å². The smallest absolute Gasteiger partial charge is 0.142 e. The van der Waals surface area contributed by atoms with E-state index in [4.69, 9.17) is 4.74 Å². The van der Waals surface area contributed by atoms with E-state index in [9.17, 15) is 0 Å². The van der Waals surface area contributed by atoms with Crippen LogP contribution in [0.25, 0.3) is 0 Å². The molecule has 0 amide bonds. The quantitative estimate of drug-likeness (QED) is 0.560. The molecule has 122 valence electrons. The molecule has 3 heteroatoms. The summed E-state index contributed by atoms with van der Waals surface area (Å²) >= 11 is 0. The first kappa shape index (κ1) is 17.1. The lowest BCUT2D eigenvalue weighted by Gasteiger charge is -2.23. The van der Waals surface area contributed by atoms with Crippen LogP contribution < -0.4 is 15.0 Å². The minimum Gasteiger partial charge on any atom is -0.492 e. The van der Waals surface area contributed by atoms with Crippen molar-refractivity contribution in [1.82, 2.24) is 5.32 Å². The molecule has 0 aliphatic rings. The summed E-state index contributed by atoms with van der Waals surface area (Å²) in [6, 6.07) is 16.9. The van der Waals surface area contributed by atoms with E-state index in [2.05, 4.69) is 66.3 Å². The standard InChI is InChI=1S/C20H26N2O/c1-4-13-21-15-18-11-12-19(20(14-18)23-5-2)22(3)16-17-9-7-6-8-10-17/h4,6-12,14,21H,1,5,13,15-16H2,2-3H3. The van der Waals surface area contributed by atoms with Crippen molar-refractivity contribution < 1.29 is 4.74 Å². The van der Waals surface area contributed by atoms with E-state index in [0.717, 1.165) is 31.1 Å². The molecule has 0 aromatic heterocycles. The molecule has 2 rings (SSSR count). The predicted molar refractivity (Wildman–Crippen MR) is 98.1 cm³/mol. The number of nitrogens with one attached hydrogen (secondary N) is 1. The van der Waals surface area contributed by atoms with Crippen molar-refractivity contribution in [3.63, 3.8) is 0 Å². The predicted octanol–water partition coefficient (Wildman–Crippen LogP) is 4.00. The SMILES string of the molecule is C=CCNCc1ccc(N(C)Cc2ccccc2)c(OCC)c1. The van der Waals surface area contributed by atoms with Crippen molar-refractivity contribution in [2.45, 2.75) is 20.0 Å². The van der Waals surface area contributed by atoms with E-state index in [1.54, 1.807) is 0 Å². The fourth-order valence-electron chi connectivity index (χ4n) is 2.52. The molecule has 0 bridgehead atoms. The molecule has 0 saturated heterocycles. The lowest BCUT2D eigenvalue weighted by atomic mass is 10.1. The Morgan fingerprint density at radius 3 is 2.61 bits per heavy atom. The second kappa shape index (κ2) is 9.01. The summed E-state index contributed by atoms with van der Waals surface area (Å²) < 4.78 is 5.85. The Bertz CT molecular complexity index is 610. The zero-order chi connectivity index (χ0) is 16.5. The first-order valence-electron chi connectivity index (χ1n) is 8.07. The molecule has 0 aliphatic heterocycles. The molecule has 0 fully saturated rings. The summed E-state index contributed by atoms with van der Waals surface area (Å²) in [7, 11) is 2.10. The van der Waals surface area contributed by atoms with Gasteiger partial charge >= 0.3 is 0 Å². The molecule has 0 heterocycles. The molecule has 0 aliphatic carbocycles. The van der Waals surface area contributed by atoms with Crippen LogP contribution in [0.2, 0.25) is 0 Å². The Kier molecular flexibility index (Phi) is 6.70. The average Bonchev–Trinajstić information content (AvgIpc) is 2.56. The summed E-state index contributed by atoms with van der Waals surface area (Å²) in [5, 5.41) is 3.32. The second-order valence-electron chi connectivity index (χ2n) is 5.50. The maximum atomic E-state index is 5.85. The summed E-state index contributed by atoms with van der Waals surface area (Å²) in [5.41, 5.74) is 3.62. The number of hydrogen-bond donors (Lipinski definition) is 1. The Balaban J connectivity index is 2.14. The zero-order valence-electron chi connectivity index (χ0n) is 14.1. The van der Waals surface area contributed by atoms with Crippen LogP contribution in [0.3, 0.4) is 0 Å². The topological polar surface area (TPSA) is 24.5 Å². The van der Waals surface area contributed by atoms with Crippen molar-refractivity contribution >= 4 is 5.69 Å². The summed E-state index contributed by atoms with van der Waals surface area (Å²) in [6.07, 6.45) is 1.87. The Labute approximate surface area is 139 Å². The van der Waals surface area contributed by atoms with Crippen molar-refractivity contribution in [3.05, 3.63) is 72.3 Å². The maximum absolute atomic E-state index is 5.85. The van der Waals surface area contributed by atoms with E-state index in [1.165, 1.54) is 11.1 Å². The van der Waals surface area contributed by atoms with Gasteiger partial charge in [0.05, 0.1) is 12.3 Å². The molecular weight excluding hydrogens is 284 g/mol. The normalized spacial score (nSPS) is 10.3. The van der Waals surface area contributed by atoms with Gasteiger partial charge in [0.1, 0.15) is 5.75 Å². The Morgan fingerprint density at radius 1 is 1.13 bits per heavy atom. The highest BCUT2D eigenvalue weighted by Gasteiger charge is 2.10. The number of benzene rings is 2. The fourth-order valence-corrected chi connectivity index (χ4v) is 2.52. The van der Waals surface area contributed by atoms with Gasteiger partial charge in [0.2, 0.25) is 0 Å². The fraction of sp³-hybridized carbons (Fsp3) is 0.300. The van der Waals surface area contributed by atoms with E-state index in [1.807, 2.05) is 19.1 Å². The second-order valence-corrected chi connectivity index (χ2v) is 5.50. The number of nitrogens with zero attached hydrogens (tertiary/aromatic N) is 1. The van der Waals surface area contributed by atoms with Gasteiger partial charge in [-0.3, -0.25) is 0 Å². The first-order valence-corrected chi connectivity index (χ1v) is 8.07. The first-order chi connectivity index (χ1) is 11.2. The van der Waals surface area contributed by atoms with Crippen LogP contribution in [0.1, 0.15) is 18.1 Å². The van der Waals surface area contributed by atoms with E-state index >= 15 is 0 Å². The lowest BCUT2D eigenvalue weighted by molar-refractivity contribution is 0.340. The highest BCUT2D eigenvalue weighted by atomic mass is 16.5. The highest BCUT2D eigenvalue weighted by Crippen LogP contribution is 2.30. The van der Waals surface area contributed by atoms with Gasteiger partial charge in [-0.1, -0.05) is 42.5 Å². The summed E-state index contributed by atoms with van der Waals surface area (Å²) in [5.74, 6) is 0.934. The van der Waals surface area contributed by atoms with Crippen LogP contribution in [-0.4, -0.2) is 20.2 Å². The van der Waals surface area contributed by atoms with Gasteiger partial charge in [-0.05, 0) is 30.2 Å². The van der Waals surface area contributed by atoms with Gasteiger partial charge in [0, 0.05) is 26.7 Å². The highest BCUT2D eigenvalue weighted by molar-refractivity contribution is 5.59.